The second kappa shape index (κ2) is 6.58. The normalized spacial score (nSPS) is 11.2. The van der Waals surface area contributed by atoms with E-state index in [0.717, 1.165) is 31.9 Å². The number of hydrogen-bond acceptors (Lipinski definition) is 3. The summed E-state index contributed by atoms with van der Waals surface area (Å²) in [7, 11) is 1.73. The summed E-state index contributed by atoms with van der Waals surface area (Å²) in [6.45, 7) is 6.88. The van der Waals surface area contributed by atoms with E-state index in [-0.39, 0.29) is 0 Å². The number of methoxy groups -OCH3 is 1. The van der Waals surface area contributed by atoms with Crippen LogP contribution >= 0.6 is 0 Å². The Balaban J connectivity index is 2.39. The van der Waals surface area contributed by atoms with Crippen molar-refractivity contribution in [2.24, 2.45) is 0 Å². The van der Waals surface area contributed by atoms with Crippen LogP contribution in [0, 0.1) is 0 Å². The molecular formula is C11H21N3O. The van der Waals surface area contributed by atoms with Gasteiger partial charge in [0.15, 0.2) is 0 Å². The Bertz CT molecular complexity index is 271. The van der Waals surface area contributed by atoms with Crippen LogP contribution in [0.3, 0.4) is 0 Å². The van der Waals surface area contributed by atoms with E-state index in [9.17, 15) is 0 Å². The third-order valence-corrected chi connectivity index (χ3v) is 2.22. The molecule has 15 heavy (non-hydrogen) atoms. The number of ether oxygens (including phenoxy) is 1. The van der Waals surface area contributed by atoms with Crippen LogP contribution in [0.15, 0.2) is 12.4 Å². The van der Waals surface area contributed by atoms with Gasteiger partial charge in [-0.1, -0.05) is 13.8 Å². The van der Waals surface area contributed by atoms with Gasteiger partial charge >= 0.3 is 0 Å². The highest BCUT2D eigenvalue weighted by Gasteiger charge is 2.02. The minimum absolute atomic E-state index is 0.495. The number of aromatic nitrogens is 2. The first kappa shape index (κ1) is 12.2. The van der Waals surface area contributed by atoms with Gasteiger partial charge in [-0.15, -0.1) is 0 Å². The minimum Gasteiger partial charge on any atom is -0.385 e. The maximum absolute atomic E-state index is 5.03. The molecule has 0 spiro atoms. The molecule has 0 aromatic carbocycles. The molecule has 0 fully saturated rings. The summed E-state index contributed by atoms with van der Waals surface area (Å²) < 4.78 is 7.20. The summed E-state index contributed by atoms with van der Waals surface area (Å²) in [6, 6.07) is 0.495. The average molecular weight is 211 g/mol. The molecule has 1 N–H and O–H groups in total. The Labute approximate surface area is 91.7 Å². The lowest BCUT2D eigenvalue weighted by Gasteiger charge is -2.10. The fourth-order valence-corrected chi connectivity index (χ4v) is 1.39. The van der Waals surface area contributed by atoms with Crippen LogP contribution in [0.2, 0.25) is 0 Å². The molecule has 4 heteroatoms. The Morgan fingerprint density at radius 2 is 2.33 bits per heavy atom. The monoisotopic (exact) mass is 211 g/mol. The summed E-state index contributed by atoms with van der Waals surface area (Å²) in [6.07, 6.45) is 4.90. The smallest absolute Gasteiger partial charge is 0.122 e. The number of aryl methyl sites for hydroxylation is 1. The Kier molecular flexibility index (Phi) is 5.36. The molecule has 4 nitrogen and oxygen atoms in total. The van der Waals surface area contributed by atoms with Gasteiger partial charge in [0.25, 0.3) is 0 Å². The van der Waals surface area contributed by atoms with Crippen molar-refractivity contribution < 1.29 is 4.74 Å². The number of nitrogens with one attached hydrogen (secondary N) is 1. The van der Waals surface area contributed by atoms with E-state index in [1.807, 2.05) is 12.4 Å². The molecule has 1 aromatic heterocycles. The number of rotatable bonds is 7. The zero-order chi connectivity index (χ0) is 11.1. The van der Waals surface area contributed by atoms with Gasteiger partial charge < -0.3 is 14.6 Å². The summed E-state index contributed by atoms with van der Waals surface area (Å²) in [5.74, 6) is 1.10. The summed E-state index contributed by atoms with van der Waals surface area (Å²) in [5.41, 5.74) is 0. The van der Waals surface area contributed by atoms with E-state index in [2.05, 4.69) is 28.7 Å². The molecule has 0 aliphatic rings. The molecule has 0 aliphatic heterocycles. The number of imidazole rings is 1. The van der Waals surface area contributed by atoms with Crippen LogP contribution in [0.1, 0.15) is 26.1 Å². The van der Waals surface area contributed by atoms with Crippen molar-refractivity contribution in [2.75, 3.05) is 13.7 Å². The van der Waals surface area contributed by atoms with Crippen LogP contribution < -0.4 is 5.32 Å². The fraction of sp³-hybridized carbons (Fsp3) is 0.727. The molecule has 1 aromatic rings. The van der Waals surface area contributed by atoms with Gasteiger partial charge in [-0.25, -0.2) is 4.98 Å². The van der Waals surface area contributed by atoms with Gasteiger partial charge in [-0.05, 0) is 6.42 Å². The molecule has 1 heterocycles. The number of hydrogen-bond donors (Lipinski definition) is 1. The van der Waals surface area contributed by atoms with Gasteiger partial charge in [-0.2, -0.15) is 0 Å². The fourth-order valence-electron chi connectivity index (χ4n) is 1.39. The molecule has 0 aliphatic carbocycles. The van der Waals surface area contributed by atoms with E-state index >= 15 is 0 Å². The minimum atomic E-state index is 0.495. The van der Waals surface area contributed by atoms with Crippen molar-refractivity contribution >= 4 is 0 Å². The Morgan fingerprint density at radius 3 is 3.00 bits per heavy atom. The predicted octanol–water partition coefficient (Wildman–Crippen LogP) is 1.42. The van der Waals surface area contributed by atoms with E-state index in [1.54, 1.807) is 7.11 Å². The van der Waals surface area contributed by atoms with Crippen molar-refractivity contribution in [3.63, 3.8) is 0 Å². The Morgan fingerprint density at radius 1 is 1.53 bits per heavy atom. The largest absolute Gasteiger partial charge is 0.385 e. The molecule has 0 unspecified atom stereocenters. The van der Waals surface area contributed by atoms with E-state index in [1.165, 1.54) is 0 Å². The molecule has 0 saturated heterocycles. The van der Waals surface area contributed by atoms with E-state index < -0.39 is 0 Å². The van der Waals surface area contributed by atoms with Crippen molar-refractivity contribution in [1.82, 2.24) is 14.9 Å². The standard InChI is InChI=1S/C11H21N3O/c1-10(2)13-9-11-12-5-7-14(11)6-4-8-15-3/h5,7,10,13H,4,6,8-9H2,1-3H3. The van der Waals surface area contributed by atoms with Gasteiger partial charge in [0.05, 0.1) is 6.54 Å². The van der Waals surface area contributed by atoms with Crippen LogP contribution in [0.4, 0.5) is 0 Å². The third kappa shape index (κ3) is 4.44. The summed E-state index contributed by atoms with van der Waals surface area (Å²) in [4.78, 5) is 4.33. The molecule has 0 atom stereocenters. The average Bonchev–Trinajstić information content (AvgIpc) is 2.63. The summed E-state index contributed by atoms with van der Waals surface area (Å²) >= 11 is 0. The maximum Gasteiger partial charge on any atom is 0.122 e. The highest BCUT2D eigenvalue weighted by Crippen LogP contribution is 2.00. The lowest BCUT2D eigenvalue weighted by Crippen LogP contribution is -2.24. The van der Waals surface area contributed by atoms with Crippen molar-refractivity contribution in [3.05, 3.63) is 18.2 Å². The predicted molar refractivity (Wildman–Crippen MR) is 60.7 cm³/mol. The van der Waals surface area contributed by atoms with Crippen molar-refractivity contribution in [1.29, 1.82) is 0 Å². The van der Waals surface area contributed by atoms with Gasteiger partial charge in [-0.3, -0.25) is 0 Å². The second-order valence-corrected chi connectivity index (χ2v) is 3.92. The van der Waals surface area contributed by atoms with Crippen LogP contribution in [0.25, 0.3) is 0 Å². The zero-order valence-corrected chi connectivity index (χ0v) is 9.86. The molecule has 1 rings (SSSR count). The van der Waals surface area contributed by atoms with E-state index in [4.69, 9.17) is 4.74 Å². The first-order chi connectivity index (χ1) is 7.24. The third-order valence-electron chi connectivity index (χ3n) is 2.22. The second-order valence-electron chi connectivity index (χ2n) is 3.92. The van der Waals surface area contributed by atoms with Crippen molar-refractivity contribution in [3.8, 4) is 0 Å². The molecular weight excluding hydrogens is 190 g/mol. The Hall–Kier alpha value is -0.870. The highest BCUT2D eigenvalue weighted by molar-refractivity contribution is 4.92. The van der Waals surface area contributed by atoms with Gasteiger partial charge in [0, 0.05) is 38.7 Å². The maximum atomic E-state index is 5.03. The summed E-state index contributed by atoms with van der Waals surface area (Å²) in [5, 5.41) is 3.36. The van der Waals surface area contributed by atoms with Crippen LogP contribution in [0.5, 0.6) is 0 Å². The number of nitrogens with zero attached hydrogens (tertiary/aromatic N) is 2. The van der Waals surface area contributed by atoms with Crippen LogP contribution in [-0.4, -0.2) is 29.3 Å². The first-order valence-electron chi connectivity index (χ1n) is 5.46. The van der Waals surface area contributed by atoms with E-state index in [0.29, 0.717) is 6.04 Å². The molecule has 86 valence electrons. The van der Waals surface area contributed by atoms with Crippen LogP contribution in [-0.2, 0) is 17.8 Å². The highest BCUT2D eigenvalue weighted by atomic mass is 16.5. The lowest BCUT2D eigenvalue weighted by molar-refractivity contribution is 0.190. The van der Waals surface area contributed by atoms with Gasteiger partial charge in [0.1, 0.15) is 5.82 Å². The topological polar surface area (TPSA) is 39.1 Å². The quantitative estimate of drug-likeness (QED) is 0.693. The molecule has 0 saturated carbocycles. The molecule has 0 radical (unpaired) electrons. The SMILES string of the molecule is COCCCn1ccnc1CNC(C)C. The first-order valence-corrected chi connectivity index (χ1v) is 5.46. The molecule has 0 amide bonds. The van der Waals surface area contributed by atoms with Crippen molar-refractivity contribution in [2.45, 2.75) is 39.4 Å². The lowest BCUT2D eigenvalue weighted by atomic mass is 10.4. The van der Waals surface area contributed by atoms with Gasteiger partial charge in [0.2, 0.25) is 0 Å². The zero-order valence-electron chi connectivity index (χ0n) is 9.86. The molecule has 0 bridgehead atoms.